The van der Waals surface area contributed by atoms with Gasteiger partial charge in [-0.2, -0.15) is 0 Å². The number of aldehydes is 1. The van der Waals surface area contributed by atoms with E-state index >= 15 is 0 Å². The molecule has 0 aliphatic rings. The molecule has 3 nitrogen and oxygen atoms in total. The lowest BCUT2D eigenvalue weighted by Crippen LogP contribution is -2.01. The van der Waals surface area contributed by atoms with Crippen molar-refractivity contribution in [3.05, 3.63) is 41.5 Å². The van der Waals surface area contributed by atoms with Crippen LogP contribution in [0.5, 0.6) is 0 Å². The van der Waals surface area contributed by atoms with Crippen LogP contribution in [0.3, 0.4) is 0 Å². The van der Waals surface area contributed by atoms with Crippen LogP contribution in [0.2, 0.25) is 0 Å². The molecule has 0 heterocycles. The van der Waals surface area contributed by atoms with Crippen molar-refractivity contribution >= 4 is 18.3 Å². The summed E-state index contributed by atoms with van der Waals surface area (Å²) in [5.41, 5.74) is 1.28. The Morgan fingerprint density at radius 1 is 1.29 bits per heavy atom. The maximum atomic E-state index is 11.3. The first-order valence-corrected chi connectivity index (χ1v) is 5.67. The van der Waals surface area contributed by atoms with Crippen molar-refractivity contribution in [2.75, 3.05) is 6.61 Å². The molecular weight excluding hydrogens is 216 g/mol. The van der Waals surface area contributed by atoms with Gasteiger partial charge in [-0.25, -0.2) is 4.79 Å². The van der Waals surface area contributed by atoms with Crippen LogP contribution in [-0.4, -0.2) is 18.9 Å². The van der Waals surface area contributed by atoms with Gasteiger partial charge in [0.2, 0.25) is 0 Å². The van der Waals surface area contributed by atoms with Crippen molar-refractivity contribution in [2.45, 2.75) is 19.8 Å². The molecule has 1 aromatic carbocycles. The molecule has 1 rings (SSSR count). The molecule has 90 valence electrons. The quantitative estimate of drug-likeness (QED) is 0.328. The van der Waals surface area contributed by atoms with Gasteiger partial charge in [-0.15, -0.1) is 0 Å². The molecule has 0 bridgehead atoms. The van der Waals surface area contributed by atoms with E-state index in [2.05, 4.69) is 0 Å². The molecule has 0 fully saturated rings. The summed E-state index contributed by atoms with van der Waals surface area (Å²) in [6.07, 6.45) is 5.56. The third-order valence-electron chi connectivity index (χ3n) is 2.26. The lowest BCUT2D eigenvalue weighted by molar-refractivity contribution is -0.137. The van der Waals surface area contributed by atoms with E-state index in [4.69, 9.17) is 4.74 Å². The maximum Gasteiger partial charge on any atom is 0.330 e. The number of unbranched alkanes of at least 4 members (excludes halogenated alkanes) is 1. The van der Waals surface area contributed by atoms with Crippen LogP contribution in [0, 0.1) is 0 Å². The summed E-state index contributed by atoms with van der Waals surface area (Å²) in [5, 5.41) is 0. The topological polar surface area (TPSA) is 43.4 Å². The molecule has 0 aromatic heterocycles. The van der Waals surface area contributed by atoms with Crippen LogP contribution in [0.15, 0.2) is 30.3 Å². The third-order valence-corrected chi connectivity index (χ3v) is 2.26. The predicted octanol–water partition coefficient (Wildman–Crippen LogP) is 2.86. The Hall–Kier alpha value is -1.90. The van der Waals surface area contributed by atoms with E-state index in [-0.39, 0.29) is 5.97 Å². The van der Waals surface area contributed by atoms with Crippen LogP contribution in [0.25, 0.3) is 6.08 Å². The van der Waals surface area contributed by atoms with Crippen molar-refractivity contribution in [1.29, 1.82) is 0 Å². The molecule has 0 radical (unpaired) electrons. The normalized spacial score (nSPS) is 10.4. The van der Waals surface area contributed by atoms with E-state index in [0.29, 0.717) is 12.2 Å². The van der Waals surface area contributed by atoms with E-state index in [1.807, 2.05) is 13.0 Å². The van der Waals surface area contributed by atoms with E-state index < -0.39 is 0 Å². The Labute approximate surface area is 101 Å². The second kappa shape index (κ2) is 7.39. The minimum atomic E-state index is -0.376. The van der Waals surface area contributed by atoms with E-state index in [1.165, 1.54) is 6.08 Å². The highest BCUT2D eigenvalue weighted by atomic mass is 16.5. The summed E-state index contributed by atoms with van der Waals surface area (Å²) >= 11 is 0. The summed E-state index contributed by atoms with van der Waals surface area (Å²) in [5.74, 6) is -0.376. The van der Waals surface area contributed by atoms with Gasteiger partial charge >= 0.3 is 5.97 Å². The van der Waals surface area contributed by atoms with Crippen molar-refractivity contribution in [1.82, 2.24) is 0 Å². The van der Waals surface area contributed by atoms with Crippen molar-refractivity contribution in [2.24, 2.45) is 0 Å². The highest BCUT2D eigenvalue weighted by molar-refractivity contribution is 5.90. The highest BCUT2D eigenvalue weighted by Crippen LogP contribution is 2.08. The average Bonchev–Trinajstić information content (AvgIpc) is 2.37. The number of benzene rings is 1. The van der Waals surface area contributed by atoms with Gasteiger partial charge in [0.05, 0.1) is 6.61 Å². The highest BCUT2D eigenvalue weighted by Gasteiger charge is 1.99. The van der Waals surface area contributed by atoms with Gasteiger partial charge < -0.3 is 4.74 Å². The first kappa shape index (κ1) is 13.2. The molecule has 0 spiro atoms. The van der Waals surface area contributed by atoms with Gasteiger partial charge in [0.15, 0.2) is 6.29 Å². The summed E-state index contributed by atoms with van der Waals surface area (Å²) in [6.45, 7) is 2.47. The van der Waals surface area contributed by atoms with Gasteiger partial charge in [0.25, 0.3) is 0 Å². The monoisotopic (exact) mass is 232 g/mol. The summed E-state index contributed by atoms with van der Waals surface area (Å²) < 4.78 is 4.96. The fourth-order valence-electron chi connectivity index (χ4n) is 1.29. The van der Waals surface area contributed by atoms with Gasteiger partial charge in [0, 0.05) is 11.6 Å². The standard InChI is InChI=1S/C14H16O3/c1-2-3-10-17-14(16)9-8-12-6-4-5-7-13(12)11-15/h4-9,11H,2-3,10H2,1H3/b9-8+. The van der Waals surface area contributed by atoms with Gasteiger partial charge in [-0.1, -0.05) is 37.6 Å². The fourth-order valence-corrected chi connectivity index (χ4v) is 1.29. The van der Waals surface area contributed by atoms with Gasteiger partial charge in [0.1, 0.15) is 0 Å². The van der Waals surface area contributed by atoms with Gasteiger partial charge in [-0.3, -0.25) is 4.79 Å². The molecule has 3 heteroatoms. The Kier molecular flexibility index (Phi) is 5.72. The molecule has 0 N–H and O–H groups in total. The van der Waals surface area contributed by atoms with Crippen molar-refractivity contribution in [3.8, 4) is 0 Å². The van der Waals surface area contributed by atoms with Crippen LogP contribution in [0.1, 0.15) is 35.7 Å². The molecule has 1 aromatic rings. The fraction of sp³-hybridized carbons (Fsp3) is 0.286. The SMILES string of the molecule is CCCCOC(=O)/C=C/c1ccccc1C=O. The molecule has 0 amide bonds. The Morgan fingerprint density at radius 2 is 2.00 bits per heavy atom. The van der Waals surface area contributed by atoms with E-state index in [1.54, 1.807) is 24.3 Å². The van der Waals surface area contributed by atoms with E-state index in [9.17, 15) is 9.59 Å². The smallest absolute Gasteiger partial charge is 0.330 e. The minimum Gasteiger partial charge on any atom is -0.463 e. The number of carbonyl (C=O) groups excluding carboxylic acids is 2. The zero-order valence-electron chi connectivity index (χ0n) is 9.89. The van der Waals surface area contributed by atoms with Crippen LogP contribution in [-0.2, 0) is 9.53 Å². The number of carbonyl (C=O) groups is 2. The number of hydrogen-bond donors (Lipinski definition) is 0. The minimum absolute atomic E-state index is 0.376. The molecule has 0 unspecified atom stereocenters. The molecule has 0 saturated heterocycles. The summed E-state index contributed by atoms with van der Waals surface area (Å²) in [7, 11) is 0. The van der Waals surface area contributed by atoms with Crippen molar-refractivity contribution in [3.63, 3.8) is 0 Å². The molecule has 0 aliphatic heterocycles. The van der Waals surface area contributed by atoms with Crippen LogP contribution in [0.4, 0.5) is 0 Å². The Balaban J connectivity index is 2.57. The molecular formula is C14H16O3. The largest absolute Gasteiger partial charge is 0.463 e. The second-order valence-electron chi connectivity index (χ2n) is 3.60. The lowest BCUT2D eigenvalue weighted by Gasteiger charge is -2.00. The second-order valence-corrected chi connectivity index (χ2v) is 3.60. The van der Waals surface area contributed by atoms with Crippen LogP contribution < -0.4 is 0 Å². The predicted molar refractivity (Wildman–Crippen MR) is 66.7 cm³/mol. The molecule has 0 saturated carbocycles. The van der Waals surface area contributed by atoms with E-state index in [0.717, 1.165) is 24.7 Å². The first-order valence-electron chi connectivity index (χ1n) is 5.67. The number of esters is 1. The third kappa shape index (κ3) is 4.64. The van der Waals surface area contributed by atoms with Gasteiger partial charge in [-0.05, 0) is 18.1 Å². The Morgan fingerprint density at radius 3 is 2.65 bits per heavy atom. The summed E-state index contributed by atoms with van der Waals surface area (Å²) in [6, 6.07) is 7.07. The molecule has 17 heavy (non-hydrogen) atoms. The number of ether oxygens (including phenoxy) is 1. The van der Waals surface area contributed by atoms with Crippen LogP contribution >= 0.6 is 0 Å². The zero-order chi connectivity index (χ0) is 12.5. The first-order chi connectivity index (χ1) is 8.27. The van der Waals surface area contributed by atoms with Crippen molar-refractivity contribution < 1.29 is 14.3 Å². The molecule has 0 aliphatic carbocycles. The zero-order valence-corrected chi connectivity index (χ0v) is 9.89. The number of hydrogen-bond acceptors (Lipinski definition) is 3. The summed E-state index contributed by atoms with van der Waals surface area (Å²) in [4.78, 5) is 22.0. The number of rotatable bonds is 6. The average molecular weight is 232 g/mol. The lowest BCUT2D eigenvalue weighted by atomic mass is 10.1. The Bertz CT molecular complexity index is 408. The maximum absolute atomic E-state index is 11.3. The molecule has 0 atom stereocenters.